The monoisotopic (exact) mass is 491 g/mol. The average Bonchev–Trinajstić information content (AvgIpc) is 3.25. The van der Waals surface area contributed by atoms with Crippen molar-refractivity contribution in [2.45, 2.75) is 45.4 Å². The van der Waals surface area contributed by atoms with Crippen LogP contribution in [0.4, 0.5) is 0 Å². The van der Waals surface area contributed by atoms with Crippen molar-refractivity contribution in [1.29, 1.82) is 0 Å². The Balaban J connectivity index is 1.87. The molecule has 1 aromatic carbocycles. The summed E-state index contributed by atoms with van der Waals surface area (Å²) < 4.78 is 22.3. The Morgan fingerprint density at radius 1 is 1.21 bits per heavy atom. The van der Waals surface area contributed by atoms with Crippen LogP contribution in [0.15, 0.2) is 35.1 Å². The fourth-order valence-electron chi connectivity index (χ4n) is 3.32. The normalized spacial score (nSPS) is 23.2. The zero-order valence-electron chi connectivity index (χ0n) is 18.8. The number of nitrogens with one attached hydrogen (secondary N) is 2. The minimum Gasteiger partial charge on any atom is -0.463 e. The first-order valence-electron chi connectivity index (χ1n) is 10.6. The van der Waals surface area contributed by atoms with E-state index in [2.05, 4.69) is 14.1 Å². The summed E-state index contributed by atoms with van der Waals surface area (Å²) >= 11 is 0.680. The van der Waals surface area contributed by atoms with Crippen LogP contribution in [0.3, 0.4) is 0 Å². The van der Waals surface area contributed by atoms with Crippen LogP contribution in [0.25, 0.3) is 0 Å². The molecule has 12 heteroatoms. The number of carbonyl (C=O) groups is 4. The summed E-state index contributed by atoms with van der Waals surface area (Å²) in [5.74, 6) is -4.56. The van der Waals surface area contributed by atoms with E-state index in [4.69, 9.17) is 14.2 Å². The second-order valence-corrected chi connectivity index (χ2v) is 8.68. The molecule has 0 spiro atoms. The van der Waals surface area contributed by atoms with Crippen molar-refractivity contribution in [3.05, 3.63) is 51.9 Å². The standard InChI is InChI=1S/C22H25N3O8S/c1-11(2)20(28)33-17-12(3)32-22(30)15(23-18(26)16-19(27)25-34-24-16)10-31-21(29)14(17)9-13-7-5-4-6-8-13/h4-8,11-12,14-15,17H,9-10H2,1-3H3,(H,23,26)(H,25,27)/t12-,14+,15-,17-/m0/s1. The molecule has 0 bridgehead atoms. The van der Waals surface area contributed by atoms with Gasteiger partial charge in [-0.2, -0.15) is 4.37 Å². The molecular formula is C22H25N3O8S. The third-order valence-corrected chi connectivity index (χ3v) is 5.72. The van der Waals surface area contributed by atoms with Gasteiger partial charge in [0.1, 0.15) is 18.6 Å². The number of nitrogens with zero attached hydrogens (tertiary/aromatic N) is 1. The number of aromatic nitrogens is 2. The molecule has 2 aromatic rings. The van der Waals surface area contributed by atoms with Crippen LogP contribution in [0.5, 0.6) is 0 Å². The predicted molar refractivity (Wildman–Crippen MR) is 119 cm³/mol. The molecule has 1 saturated heterocycles. The number of hydrogen-bond acceptors (Lipinski definition) is 10. The molecule has 182 valence electrons. The second-order valence-electron chi connectivity index (χ2n) is 8.11. The number of amides is 1. The lowest BCUT2D eigenvalue weighted by atomic mass is 9.91. The van der Waals surface area contributed by atoms with Crippen LogP contribution < -0.4 is 10.9 Å². The first-order chi connectivity index (χ1) is 16.2. The summed E-state index contributed by atoms with van der Waals surface area (Å²) in [4.78, 5) is 62.3. The molecule has 0 radical (unpaired) electrons. The molecule has 1 amide bonds. The average molecular weight is 492 g/mol. The quantitative estimate of drug-likeness (QED) is 0.442. The fraction of sp³-hybridized carbons (Fsp3) is 0.455. The van der Waals surface area contributed by atoms with E-state index >= 15 is 0 Å². The summed E-state index contributed by atoms with van der Waals surface area (Å²) in [7, 11) is 0. The molecule has 0 unspecified atom stereocenters. The molecule has 3 rings (SSSR count). The number of ether oxygens (including phenoxy) is 3. The minimum absolute atomic E-state index is 0.169. The lowest BCUT2D eigenvalue weighted by molar-refractivity contribution is -0.176. The largest absolute Gasteiger partial charge is 0.463 e. The van der Waals surface area contributed by atoms with Crippen LogP contribution in [0, 0.1) is 11.8 Å². The van der Waals surface area contributed by atoms with Crippen molar-refractivity contribution >= 4 is 35.5 Å². The third kappa shape index (κ3) is 6.07. The van der Waals surface area contributed by atoms with Gasteiger partial charge < -0.3 is 19.5 Å². The Hall–Kier alpha value is -3.54. The number of carbonyl (C=O) groups excluding carboxylic acids is 4. The van der Waals surface area contributed by atoms with Crippen molar-refractivity contribution in [3.63, 3.8) is 0 Å². The molecule has 2 N–H and O–H groups in total. The van der Waals surface area contributed by atoms with Gasteiger partial charge in [0.25, 0.3) is 11.5 Å². The van der Waals surface area contributed by atoms with E-state index < -0.39 is 71.8 Å². The maximum Gasteiger partial charge on any atom is 0.332 e. The van der Waals surface area contributed by atoms with E-state index in [1.165, 1.54) is 6.92 Å². The molecule has 34 heavy (non-hydrogen) atoms. The van der Waals surface area contributed by atoms with E-state index in [-0.39, 0.29) is 6.42 Å². The van der Waals surface area contributed by atoms with Crippen LogP contribution >= 0.6 is 11.7 Å². The number of benzene rings is 1. The number of esters is 3. The van der Waals surface area contributed by atoms with Crippen molar-refractivity contribution < 1.29 is 33.4 Å². The first-order valence-corrected chi connectivity index (χ1v) is 11.4. The van der Waals surface area contributed by atoms with E-state index in [0.717, 1.165) is 5.56 Å². The molecule has 2 heterocycles. The van der Waals surface area contributed by atoms with E-state index in [9.17, 15) is 24.0 Å². The summed E-state index contributed by atoms with van der Waals surface area (Å²) in [6, 6.07) is 7.67. The van der Waals surface area contributed by atoms with Gasteiger partial charge in [0.2, 0.25) is 5.69 Å². The van der Waals surface area contributed by atoms with Gasteiger partial charge in [-0.15, -0.1) is 0 Å². The van der Waals surface area contributed by atoms with Crippen molar-refractivity contribution in [3.8, 4) is 0 Å². The van der Waals surface area contributed by atoms with Crippen LogP contribution in [0.1, 0.15) is 36.8 Å². The van der Waals surface area contributed by atoms with Gasteiger partial charge in [-0.3, -0.25) is 23.6 Å². The summed E-state index contributed by atoms with van der Waals surface area (Å²) in [6.07, 6.45) is -1.98. The molecule has 1 aliphatic heterocycles. The minimum atomic E-state index is -1.39. The molecule has 1 aromatic heterocycles. The molecule has 1 fully saturated rings. The molecule has 1 aliphatic rings. The van der Waals surface area contributed by atoms with Gasteiger partial charge in [0, 0.05) is 11.7 Å². The van der Waals surface area contributed by atoms with Crippen molar-refractivity contribution in [2.24, 2.45) is 11.8 Å². The summed E-state index contributed by atoms with van der Waals surface area (Å²) in [5.41, 5.74) is -0.351. The van der Waals surface area contributed by atoms with E-state index in [1.807, 2.05) is 18.2 Å². The lowest BCUT2D eigenvalue weighted by Gasteiger charge is -2.29. The second kappa shape index (κ2) is 11.1. The molecule has 11 nitrogen and oxygen atoms in total. The van der Waals surface area contributed by atoms with Gasteiger partial charge in [-0.25, -0.2) is 4.79 Å². The number of cyclic esters (lactones) is 2. The predicted octanol–water partition coefficient (Wildman–Crippen LogP) is 0.845. The first kappa shape index (κ1) is 25.1. The van der Waals surface area contributed by atoms with Crippen LogP contribution in [-0.4, -0.2) is 57.4 Å². The highest BCUT2D eigenvalue weighted by molar-refractivity contribution is 6.99. The maximum absolute atomic E-state index is 13.1. The molecule has 0 aliphatic carbocycles. The Bertz CT molecular complexity index is 1100. The van der Waals surface area contributed by atoms with Gasteiger partial charge in [-0.1, -0.05) is 44.2 Å². The van der Waals surface area contributed by atoms with E-state index in [0.29, 0.717) is 11.7 Å². The Labute approximate surface area is 199 Å². The molecule has 4 atom stereocenters. The fourth-order valence-corrected chi connectivity index (χ4v) is 3.80. The number of H-pyrrole nitrogens is 1. The Kier molecular flexibility index (Phi) is 8.16. The number of aromatic amines is 1. The zero-order chi connectivity index (χ0) is 24.8. The van der Waals surface area contributed by atoms with Gasteiger partial charge in [-0.05, 0) is 18.9 Å². The smallest absolute Gasteiger partial charge is 0.332 e. The maximum atomic E-state index is 13.1. The summed E-state index contributed by atoms with van der Waals surface area (Å²) in [6.45, 7) is 4.25. The van der Waals surface area contributed by atoms with Gasteiger partial charge in [0.05, 0.1) is 5.92 Å². The van der Waals surface area contributed by atoms with E-state index in [1.54, 1.807) is 26.0 Å². The van der Waals surface area contributed by atoms with Crippen LogP contribution in [0.2, 0.25) is 0 Å². The van der Waals surface area contributed by atoms with Crippen molar-refractivity contribution in [1.82, 2.24) is 14.1 Å². The zero-order valence-corrected chi connectivity index (χ0v) is 19.6. The third-order valence-electron chi connectivity index (χ3n) is 5.17. The van der Waals surface area contributed by atoms with Gasteiger partial charge in [0.15, 0.2) is 12.1 Å². The number of hydrogen-bond donors (Lipinski definition) is 2. The van der Waals surface area contributed by atoms with Gasteiger partial charge >= 0.3 is 17.9 Å². The lowest BCUT2D eigenvalue weighted by Crippen LogP contribution is -2.47. The molecule has 0 saturated carbocycles. The van der Waals surface area contributed by atoms with Crippen LogP contribution in [-0.2, 0) is 35.0 Å². The number of rotatable bonds is 6. The Morgan fingerprint density at radius 3 is 2.53 bits per heavy atom. The SMILES string of the molecule is CC(C)C(=O)O[C@H]1[C@H](C)OC(=O)[C@@H](NC(=O)c2ns[nH]c2=O)COC(=O)[C@@H]1Cc1ccccc1. The molecular weight excluding hydrogens is 466 g/mol. The highest BCUT2D eigenvalue weighted by atomic mass is 32.1. The van der Waals surface area contributed by atoms with Crippen molar-refractivity contribution in [2.75, 3.05) is 6.61 Å². The highest BCUT2D eigenvalue weighted by Gasteiger charge is 2.42. The highest BCUT2D eigenvalue weighted by Crippen LogP contribution is 2.24. The Morgan fingerprint density at radius 2 is 1.91 bits per heavy atom. The summed E-state index contributed by atoms with van der Waals surface area (Å²) in [5, 5.41) is 2.31. The topological polar surface area (TPSA) is 154 Å².